The highest BCUT2D eigenvalue weighted by Gasteiger charge is 2.34. The summed E-state index contributed by atoms with van der Waals surface area (Å²) in [4.78, 5) is 29.6. The SMILES string of the molecule is CCCNC(=O)C(Cc1ccccc1)N(Cc1ccc(Br)cc1)C(=O)CN(c1ccc(Cl)cc1)S(=O)(=O)c1ccc(C)cc1. The topological polar surface area (TPSA) is 86.8 Å². The van der Waals surface area contributed by atoms with Gasteiger partial charge in [-0.2, -0.15) is 0 Å². The van der Waals surface area contributed by atoms with E-state index in [0.29, 0.717) is 11.6 Å². The molecular weight excluding hydrogens is 662 g/mol. The van der Waals surface area contributed by atoms with Gasteiger partial charge in [0.05, 0.1) is 10.6 Å². The van der Waals surface area contributed by atoms with Gasteiger partial charge in [-0.25, -0.2) is 8.42 Å². The molecule has 0 saturated heterocycles. The Morgan fingerprint density at radius 3 is 2.11 bits per heavy atom. The summed E-state index contributed by atoms with van der Waals surface area (Å²) in [6.45, 7) is 3.84. The first-order chi connectivity index (χ1) is 21.1. The first kappa shape index (κ1) is 33.2. The van der Waals surface area contributed by atoms with Crippen LogP contribution in [0.25, 0.3) is 0 Å². The average molecular weight is 697 g/mol. The third-order valence-corrected chi connectivity index (χ3v) is 9.66. The van der Waals surface area contributed by atoms with Crippen molar-refractivity contribution in [3.8, 4) is 0 Å². The summed E-state index contributed by atoms with van der Waals surface area (Å²) in [6, 6.07) is 28.8. The number of benzene rings is 4. The molecule has 0 radical (unpaired) electrons. The van der Waals surface area contributed by atoms with Crippen LogP contribution in [0.5, 0.6) is 0 Å². The Balaban J connectivity index is 1.78. The summed E-state index contributed by atoms with van der Waals surface area (Å²) in [5.74, 6) is -0.827. The van der Waals surface area contributed by atoms with Gasteiger partial charge in [0.2, 0.25) is 11.8 Å². The predicted molar refractivity (Wildman–Crippen MR) is 179 cm³/mol. The van der Waals surface area contributed by atoms with Gasteiger partial charge in [0.1, 0.15) is 12.6 Å². The summed E-state index contributed by atoms with van der Waals surface area (Å²) in [6.07, 6.45) is 0.980. The molecule has 0 fully saturated rings. The van der Waals surface area contributed by atoms with Gasteiger partial charge in [-0.1, -0.05) is 94.6 Å². The zero-order valence-electron chi connectivity index (χ0n) is 24.6. The number of carbonyl (C=O) groups is 2. The highest BCUT2D eigenvalue weighted by Crippen LogP contribution is 2.27. The molecule has 4 aromatic rings. The van der Waals surface area contributed by atoms with Crippen LogP contribution in [0, 0.1) is 6.92 Å². The molecule has 230 valence electrons. The van der Waals surface area contributed by atoms with Crippen LogP contribution in [0.3, 0.4) is 0 Å². The van der Waals surface area contributed by atoms with Crippen LogP contribution in [0.1, 0.15) is 30.0 Å². The summed E-state index contributed by atoms with van der Waals surface area (Å²) in [5, 5.41) is 3.38. The van der Waals surface area contributed by atoms with Gasteiger partial charge in [-0.3, -0.25) is 13.9 Å². The molecule has 0 bridgehead atoms. The van der Waals surface area contributed by atoms with E-state index >= 15 is 0 Å². The lowest BCUT2D eigenvalue weighted by molar-refractivity contribution is -0.140. The quantitative estimate of drug-likeness (QED) is 0.167. The molecule has 0 aliphatic carbocycles. The highest BCUT2D eigenvalue weighted by atomic mass is 79.9. The van der Waals surface area contributed by atoms with E-state index in [4.69, 9.17) is 11.6 Å². The van der Waals surface area contributed by atoms with E-state index in [1.807, 2.05) is 68.4 Å². The van der Waals surface area contributed by atoms with Crippen molar-refractivity contribution in [1.82, 2.24) is 10.2 Å². The largest absolute Gasteiger partial charge is 0.354 e. The number of amides is 2. The number of anilines is 1. The summed E-state index contributed by atoms with van der Waals surface area (Å²) < 4.78 is 30.1. The van der Waals surface area contributed by atoms with E-state index in [-0.39, 0.29) is 29.5 Å². The van der Waals surface area contributed by atoms with Crippen molar-refractivity contribution in [1.29, 1.82) is 0 Å². The predicted octanol–water partition coefficient (Wildman–Crippen LogP) is 6.77. The smallest absolute Gasteiger partial charge is 0.264 e. The highest BCUT2D eigenvalue weighted by molar-refractivity contribution is 9.10. The van der Waals surface area contributed by atoms with Crippen LogP contribution in [-0.4, -0.2) is 44.3 Å². The van der Waals surface area contributed by atoms with Gasteiger partial charge in [0, 0.05) is 29.0 Å². The average Bonchev–Trinajstić information content (AvgIpc) is 3.02. The normalized spacial score (nSPS) is 11.9. The zero-order valence-corrected chi connectivity index (χ0v) is 27.8. The molecular formula is C34H35BrClN3O4S. The minimum Gasteiger partial charge on any atom is -0.354 e. The van der Waals surface area contributed by atoms with E-state index in [9.17, 15) is 18.0 Å². The number of nitrogens with one attached hydrogen (secondary N) is 1. The number of hydrogen-bond donors (Lipinski definition) is 1. The number of aryl methyl sites for hydroxylation is 1. The lowest BCUT2D eigenvalue weighted by atomic mass is 10.0. The summed E-state index contributed by atoms with van der Waals surface area (Å²) >= 11 is 9.58. The van der Waals surface area contributed by atoms with Gasteiger partial charge < -0.3 is 10.2 Å². The second kappa shape index (κ2) is 15.4. The Morgan fingerprint density at radius 2 is 1.50 bits per heavy atom. The maximum Gasteiger partial charge on any atom is 0.264 e. The zero-order chi connectivity index (χ0) is 31.7. The van der Waals surface area contributed by atoms with Crippen LogP contribution in [0.4, 0.5) is 5.69 Å². The molecule has 10 heteroatoms. The molecule has 0 aliphatic heterocycles. The fourth-order valence-corrected chi connectivity index (χ4v) is 6.48. The monoisotopic (exact) mass is 695 g/mol. The Labute approximate surface area is 273 Å². The van der Waals surface area contributed by atoms with Crippen molar-refractivity contribution in [2.24, 2.45) is 0 Å². The van der Waals surface area contributed by atoms with E-state index in [1.165, 1.54) is 17.0 Å². The van der Waals surface area contributed by atoms with Crippen molar-refractivity contribution in [3.05, 3.63) is 129 Å². The number of sulfonamides is 1. The minimum atomic E-state index is -4.17. The standard InChI is InChI=1S/C34H35BrClN3O4S/c1-3-21-37-34(41)32(22-26-7-5-4-6-8-26)38(23-27-11-13-28(35)14-12-27)33(40)24-39(30-17-15-29(36)16-18-30)44(42,43)31-19-9-25(2)10-20-31/h4-20,32H,3,21-24H2,1-2H3,(H,37,41). The molecule has 4 aromatic carbocycles. The first-order valence-electron chi connectivity index (χ1n) is 14.3. The number of carbonyl (C=O) groups excluding carboxylic acids is 2. The van der Waals surface area contributed by atoms with Crippen LogP contribution in [-0.2, 0) is 32.6 Å². The Kier molecular flexibility index (Phi) is 11.6. The molecule has 1 unspecified atom stereocenters. The molecule has 0 heterocycles. The minimum absolute atomic E-state index is 0.0480. The van der Waals surface area contributed by atoms with Crippen molar-refractivity contribution < 1.29 is 18.0 Å². The maximum atomic E-state index is 14.4. The van der Waals surface area contributed by atoms with E-state index < -0.39 is 28.5 Å². The molecule has 2 amide bonds. The molecule has 1 N–H and O–H groups in total. The van der Waals surface area contributed by atoms with Crippen LogP contribution < -0.4 is 9.62 Å². The number of halogens is 2. The molecule has 0 aromatic heterocycles. The van der Waals surface area contributed by atoms with Gasteiger partial charge in [-0.15, -0.1) is 0 Å². The summed E-state index contributed by atoms with van der Waals surface area (Å²) in [5.41, 5.74) is 2.85. The second-order valence-corrected chi connectivity index (χ2v) is 13.7. The maximum absolute atomic E-state index is 14.4. The Bertz CT molecular complexity index is 1650. The Hall–Kier alpha value is -3.66. The number of rotatable bonds is 13. The van der Waals surface area contributed by atoms with Crippen molar-refractivity contribution in [2.45, 2.75) is 44.2 Å². The van der Waals surface area contributed by atoms with Crippen LogP contribution in [0.15, 0.2) is 112 Å². The fourth-order valence-electron chi connectivity index (χ4n) is 4.68. The van der Waals surface area contributed by atoms with Crippen LogP contribution in [0.2, 0.25) is 5.02 Å². The molecule has 44 heavy (non-hydrogen) atoms. The molecule has 0 spiro atoms. The van der Waals surface area contributed by atoms with Gasteiger partial charge in [0.15, 0.2) is 0 Å². The third-order valence-electron chi connectivity index (χ3n) is 7.09. The van der Waals surface area contributed by atoms with Crippen molar-refractivity contribution in [2.75, 3.05) is 17.4 Å². The van der Waals surface area contributed by atoms with Gasteiger partial charge in [0.25, 0.3) is 10.0 Å². The van der Waals surface area contributed by atoms with Gasteiger partial charge >= 0.3 is 0 Å². The molecule has 1 atom stereocenters. The van der Waals surface area contributed by atoms with Crippen molar-refractivity contribution >= 4 is 55.1 Å². The molecule has 0 saturated carbocycles. The molecule has 4 rings (SSSR count). The van der Waals surface area contributed by atoms with Crippen molar-refractivity contribution in [3.63, 3.8) is 0 Å². The van der Waals surface area contributed by atoms with E-state index in [2.05, 4.69) is 21.2 Å². The van der Waals surface area contributed by atoms with Crippen LogP contribution >= 0.6 is 27.5 Å². The number of hydrogen-bond acceptors (Lipinski definition) is 4. The second-order valence-electron chi connectivity index (χ2n) is 10.4. The first-order valence-corrected chi connectivity index (χ1v) is 16.9. The van der Waals surface area contributed by atoms with E-state index in [0.717, 1.165) is 31.9 Å². The molecule has 0 aliphatic rings. The lowest BCUT2D eigenvalue weighted by Crippen LogP contribution is -2.53. The third kappa shape index (κ3) is 8.71. The summed E-state index contributed by atoms with van der Waals surface area (Å²) in [7, 11) is -4.17. The number of nitrogens with zero attached hydrogens (tertiary/aromatic N) is 2. The van der Waals surface area contributed by atoms with E-state index in [1.54, 1.807) is 36.4 Å². The Morgan fingerprint density at radius 1 is 0.864 bits per heavy atom. The van der Waals surface area contributed by atoms with Gasteiger partial charge in [-0.05, 0) is 73.0 Å². The lowest BCUT2D eigenvalue weighted by Gasteiger charge is -2.34. The fraction of sp³-hybridized carbons (Fsp3) is 0.235. The molecule has 7 nitrogen and oxygen atoms in total.